The second-order valence-electron chi connectivity index (χ2n) is 4.81. The summed E-state index contributed by atoms with van der Waals surface area (Å²) < 4.78 is 5.45. The second-order valence-corrected chi connectivity index (χ2v) is 4.81. The van der Waals surface area contributed by atoms with E-state index >= 15 is 0 Å². The van der Waals surface area contributed by atoms with Gasteiger partial charge >= 0.3 is 5.69 Å². The molecule has 6 heteroatoms. The SMILES string of the molecule is Cc1cc(C)c(OCCC(C)(N)C#N)c([N+](=O)[O-])c1. The molecule has 0 aliphatic rings. The highest BCUT2D eigenvalue weighted by molar-refractivity contribution is 5.53. The highest BCUT2D eigenvalue weighted by Gasteiger charge is 2.21. The number of benzene rings is 1. The van der Waals surface area contributed by atoms with Gasteiger partial charge in [-0.05, 0) is 31.9 Å². The van der Waals surface area contributed by atoms with Crippen molar-refractivity contribution in [1.29, 1.82) is 5.26 Å². The number of nitro benzene ring substituents is 1. The van der Waals surface area contributed by atoms with E-state index in [2.05, 4.69) is 0 Å². The van der Waals surface area contributed by atoms with Crippen molar-refractivity contribution in [3.63, 3.8) is 0 Å². The first-order valence-corrected chi connectivity index (χ1v) is 5.85. The monoisotopic (exact) mass is 263 g/mol. The van der Waals surface area contributed by atoms with Gasteiger partial charge in [0.15, 0.2) is 5.75 Å². The summed E-state index contributed by atoms with van der Waals surface area (Å²) in [5, 5.41) is 19.8. The van der Waals surface area contributed by atoms with Crippen LogP contribution in [0.15, 0.2) is 12.1 Å². The van der Waals surface area contributed by atoms with Crippen molar-refractivity contribution < 1.29 is 9.66 Å². The minimum Gasteiger partial charge on any atom is -0.487 e. The third-order valence-electron chi connectivity index (χ3n) is 2.72. The molecule has 0 aliphatic carbocycles. The van der Waals surface area contributed by atoms with Crippen molar-refractivity contribution in [1.82, 2.24) is 0 Å². The quantitative estimate of drug-likeness (QED) is 0.648. The molecule has 102 valence electrons. The van der Waals surface area contributed by atoms with Gasteiger partial charge in [0.05, 0.1) is 17.6 Å². The van der Waals surface area contributed by atoms with Crippen molar-refractivity contribution in [2.24, 2.45) is 5.73 Å². The first-order chi connectivity index (χ1) is 8.76. The summed E-state index contributed by atoms with van der Waals surface area (Å²) in [6.45, 7) is 5.29. The third-order valence-corrected chi connectivity index (χ3v) is 2.72. The van der Waals surface area contributed by atoms with Gasteiger partial charge in [0.1, 0.15) is 5.54 Å². The fourth-order valence-electron chi connectivity index (χ4n) is 1.68. The molecule has 0 heterocycles. The lowest BCUT2D eigenvalue weighted by Gasteiger charge is -2.16. The van der Waals surface area contributed by atoms with Gasteiger partial charge in [0.2, 0.25) is 0 Å². The number of nitriles is 1. The number of hydrogen-bond acceptors (Lipinski definition) is 5. The van der Waals surface area contributed by atoms with Gasteiger partial charge in [-0.2, -0.15) is 5.26 Å². The van der Waals surface area contributed by atoms with Crippen molar-refractivity contribution in [3.05, 3.63) is 33.4 Å². The van der Waals surface area contributed by atoms with Gasteiger partial charge in [-0.15, -0.1) is 0 Å². The molecule has 19 heavy (non-hydrogen) atoms. The van der Waals surface area contributed by atoms with Gasteiger partial charge < -0.3 is 10.5 Å². The highest BCUT2D eigenvalue weighted by Crippen LogP contribution is 2.32. The molecule has 0 fully saturated rings. The molecule has 0 aliphatic heterocycles. The summed E-state index contributed by atoms with van der Waals surface area (Å²) in [4.78, 5) is 10.5. The summed E-state index contributed by atoms with van der Waals surface area (Å²) in [6, 6.07) is 5.23. The number of nitrogens with two attached hydrogens (primary N) is 1. The van der Waals surface area contributed by atoms with Gasteiger partial charge in [-0.25, -0.2) is 0 Å². The van der Waals surface area contributed by atoms with Gasteiger partial charge in [-0.3, -0.25) is 10.1 Å². The number of hydrogen-bond donors (Lipinski definition) is 1. The normalized spacial score (nSPS) is 13.4. The lowest BCUT2D eigenvalue weighted by molar-refractivity contribution is -0.386. The van der Waals surface area contributed by atoms with Crippen molar-refractivity contribution >= 4 is 5.69 Å². The van der Waals surface area contributed by atoms with Crippen LogP contribution < -0.4 is 10.5 Å². The van der Waals surface area contributed by atoms with Gasteiger partial charge in [-0.1, -0.05) is 6.07 Å². The summed E-state index contributed by atoms with van der Waals surface area (Å²) in [7, 11) is 0. The Hall–Kier alpha value is -2.13. The highest BCUT2D eigenvalue weighted by atomic mass is 16.6. The smallest absolute Gasteiger partial charge is 0.311 e. The van der Waals surface area contributed by atoms with E-state index in [1.165, 1.54) is 6.07 Å². The number of nitro groups is 1. The molecular weight excluding hydrogens is 246 g/mol. The van der Waals surface area contributed by atoms with E-state index in [1.807, 2.05) is 12.1 Å². The molecule has 0 aromatic heterocycles. The fourth-order valence-corrected chi connectivity index (χ4v) is 1.68. The van der Waals surface area contributed by atoms with Crippen molar-refractivity contribution in [3.8, 4) is 11.8 Å². The topological polar surface area (TPSA) is 102 Å². The Morgan fingerprint density at radius 3 is 2.68 bits per heavy atom. The molecule has 0 saturated carbocycles. The second kappa shape index (κ2) is 5.67. The molecule has 0 saturated heterocycles. The zero-order valence-corrected chi connectivity index (χ0v) is 11.3. The Balaban J connectivity index is 2.90. The third kappa shape index (κ3) is 3.93. The zero-order valence-electron chi connectivity index (χ0n) is 11.3. The summed E-state index contributed by atoms with van der Waals surface area (Å²) in [5.41, 5.74) is 6.11. The fraction of sp³-hybridized carbons (Fsp3) is 0.462. The van der Waals surface area contributed by atoms with E-state index in [1.54, 1.807) is 20.8 Å². The minimum atomic E-state index is -0.993. The molecular formula is C13H17N3O3. The van der Waals surface area contributed by atoms with E-state index in [0.717, 1.165) is 5.56 Å². The molecule has 0 radical (unpaired) electrons. The van der Waals surface area contributed by atoms with Crippen LogP contribution >= 0.6 is 0 Å². The molecule has 2 N–H and O–H groups in total. The Morgan fingerprint density at radius 2 is 2.16 bits per heavy atom. The zero-order chi connectivity index (χ0) is 14.6. The first kappa shape index (κ1) is 14.9. The van der Waals surface area contributed by atoms with E-state index in [4.69, 9.17) is 15.7 Å². The van der Waals surface area contributed by atoms with E-state index in [0.29, 0.717) is 12.0 Å². The van der Waals surface area contributed by atoms with Crippen LogP contribution in [0.3, 0.4) is 0 Å². The first-order valence-electron chi connectivity index (χ1n) is 5.85. The molecule has 1 rings (SSSR count). The Labute approximate surface area is 111 Å². The Bertz CT molecular complexity index is 533. The van der Waals surface area contributed by atoms with Crippen LogP contribution in [0.5, 0.6) is 5.75 Å². The number of nitrogens with zero attached hydrogens (tertiary/aromatic N) is 2. The van der Waals surface area contributed by atoms with Gasteiger partial charge in [0.25, 0.3) is 0 Å². The largest absolute Gasteiger partial charge is 0.487 e. The molecule has 0 bridgehead atoms. The van der Waals surface area contributed by atoms with Crippen LogP contribution in [0.25, 0.3) is 0 Å². The lowest BCUT2D eigenvalue weighted by atomic mass is 10.0. The summed E-state index contributed by atoms with van der Waals surface area (Å²) >= 11 is 0. The number of ether oxygens (including phenoxy) is 1. The maximum absolute atomic E-state index is 11.0. The van der Waals surface area contributed by atoms with Crippen LogP contribution in [-0.4, -0.2) is 17.1 Å². The van der Waals surface area contributed by atoms with Gasteiger partial charge in [0, 0.05) is 12.5 Å². The molecule has 1 unspecified atom stereocenters. The number of rotatable bonds is 5. The summed E-state index contributed by atoms with van der Waals surface area (Å²) in [6.07, 6.45) is 0.300. The molecule has 6 nitrogen and oxygen atoms in total. The lowest BCUT2D eigenvalue weighted by Crippen LogP contribution is -2.35. The minimum absolute atomic E-state index is 0.0619. The molecule has 0 amide bonds. The van der Waals surface area contributed by atoms with Crippen LogP contribution in [0.2, 0.25) is 0 Å². The standard InChI is InChI=1S/C13H17N3O3/c1-9-6-10(2)12(11(7-9)16(17)18)19-5-4-13(3,15)8-14/h6-7H,4-5,15H2,1-3H3. The maximum atomic E-state index is 11.0. The van der Waals surface area contributed by atoms with Crippen LogP contribution in [0.4, 0.5) is 5.69 Å². The van der Waals surface area contributed by atoms with Crippen molar-refractivity contribution in [2.45, 2.75) is 32.7 Å². The Kier molecular flexibility index (Phi) is 4.46. The molecule has 1 atom stereocenters. The molecule has 0 spiro atoms. The average molecular weight is 263 g/mol. The average Bonchev–Trinajstić information content (AvgIpc) is 2.31. The van der Waals surface area contributed by atoms with Crippen molar-refractivity contribution in [2.75, 3.05) is 6.61 Å². The summed E-state index contributed by atoms with van der Waals surface area (Å²) in [5.74, 6) is 0.240. The van der Waals surface area contributed by atoms with Crippen LogP contribution in [0, 0.1) is 35.3 Å². The van der Waals surface area contributed by atoms with Crippen LogP contribution in [-0.2, 0) is 0 Å². The van der Waals surface area contributed by atoms with E-state index in [9.17, 15) is 10.1 Å². The Morgan fingerprint density at radius 1 is 1.53 bits per heavy atom. The molecule has 1 aromatic carbocycles. The predicted octanol–water partition coefficient (Wildman–Crippen LogP) is 2.22. The van der Waals surface area contributed by atoms with E-state index < -0.39 is 10.5 Å². The maximum Gasteiger partial charge on any atom is 0.311 e. The van der Waals surface area contributed by atoms with Crippen LogP contribution in [0.1, 0.15) is 24.5 Å². The molecule has 1 aromatic rings. The predicted molar refractivity (Wildman–Crippen MR) is 70.9 cm³/mol. The van der Waals surface area contributed by atoms with E-state index in [-0.39, 0.29) is 18.0 Å². The number of aryl methyl sites for hydroxylation is 2.